The van der Waals surface area contributed by atoms with E-state index in [1.807, 2.05) is 11.0 Å². The van der Waals surface area contributed by atoms with Gasteiger partial charge in [-0.05, 0) is 106 Å². The first kappa shape index (κ1) is 25.0. The molecule has 1 aliphatic heterocycles. The van der Waals surface area contributed by atoms with Crippen molar-refractivity contribution in [1.29, 1.82) is 0 Å². The second kappa shape index (κ2) is 10.5. The number of amides is 2. The second-order valence-corrected chi connectivity index (χ2v) is 11.1. The fourth-order valence-corrected chi connectivity index (χ4v) is 6.67. The van der Waals surface area contributed by atoms with E-state index in [0.29, 0.717) is 18.4 Å². The maximum Gasteiger partial charge on any atom is 0.322 e. The van der Waals surface area contributed by atoms with Crippen molar-refractivity contribution >= 4 is 11.7 Å². The number of hydrogen-bond donors (Lipinski definition) is 1. The molecule has 6 nitrogen and oxygen atoms in total. The van der Waals surface area contributed by atoms with Gasteiger partial charge in [0.2, 0.25) is 5.89 Å². The number of carbonyl (C=O) groups excluding carboxylic acids is 1. The summed E-state index contributed by atoms with van der Waals surface area (Å²) >= 11 is 0. The molecule has 1 N–H and O–H groups in total. The minimum Gasteiger partial charge on any atom is -0.445 e. The van der Waals surface area contributed by atoms with E-state index < -0.39 is 11.6 Å². The first-order valence-electron chi connectivity index (χ1n) is 13.8. The molecular formula is C30H34F2N4O2. The number of hydrogen-bond acceptors (Lipinski definition) is 4. The summed E-state index contributed by atoms with van der Waals surface area (Å²) in [6.07, 6.45) is 10.6. The van der Waals surface area contributed by atoms with E-state index in [-0.39, 0.29) is 23.2 Å². The Morgan fingerprint density at radius 3 is 2.79 bits per heavy atom. The first-order valence-corrected chi connectivity index (χ1v) is 13.8. The van der Waals surface area contributed by atoms with E-state index in [9.17, 15) is 13.6 Å². The van der Waals surface area contributed by atoms with E-state index in [4.69, 9.17) is 4.42 Å². The Labute approximate surface area is 222 Å². The minimum atomic E-state index is -0.962. The molecule has 1 unspecified atom stereocenters. The van der Waals surface area contributed by atoms with Crippen LogP contribution in [0.1, 0.15) is 50.5 Å². The molecule has 8 heteroatoms. The van der Waals surface area contributed by atoms with Gasteiger partial charge in [0, 0.05) is 29.9 Å². The number of aromatic nitrogens is 1. The molecule has 6 rings (SSSR count). The Bertz CT molecular complexity index is 1280. The molecule has 2 heterocycles. The van der Waals surface area contributed by atoms with Gasteiger partial charge in [-0.25, -0.2) is 18.6 Å². The lowest BCUT2D eigenvalue weighted by Gasteiger charge is -2.37. The van der Waals surface area contributed by atoms with Gasteiger partial charge in [-0.2, -0.15) is 0 Å². The molecule has 2 saturated carbocycles. The summed E-state index contributed by atoms with van der Waals surface area (Å²) in [7, 11) is 0. The number of likely N-dealkylation sites (tertiary alicyclic amines) is 1. The van der Waals surface area contributed by atoms with Gasteiger partial charge in [-0.15, -0.1) is 0 Å². The van der Waals surface area contributed by atoms with Crippen LogP contribution in [0.15, 0.2) is 59.3 Å². The number of rotatable bonds is 8. The van der Waals surface area contributed by atoms with E-state index >= 15 is 0 Å². The highest BCUT2D eigenvalue weighted by atomic mass is 19.2. The molecule has 3 fully saturated rings. The lowest BCUT2D eigenvalue weighted by molar-refractivity contribution is 0.156. The van der Waals surface area contributed by atoms with Gasteiger partial charge in [-0.1, -0.05) is 12.1 Å². The molecule has 3 aromatic rings. The molecule has 2 aromatic carbocycles. The predicted molar refractivity (Wildman–Crippen MR) is 142 cm³/mol. The normalized spacial score (nSPS) is 24.7. The largest absolute Gasteiger partial charge is 0.445 e. The SMILES string of the molecule is O=C(Nc1ccc(F)c(F)c1)N(CCCN1CCCC1)C1CC[C@]2(c3cccc(-c4ncco4)c3)C[C@H]2C1. The number of fused-ring (bicyclic) bond motifs is 1. The van der Waals surface area contributed by atoms with Gasteiger partial charge in [0.05, 0.1) is 6.20 Å². The molecule has 0 bridgehead atoms. The summed E-state index contributed by atoms with van der Waals surface area (Å²) in [5.74, 6) is -0.740. The van der Waals surface area contributed by atoms with Crippen LogP contribution in [-0.4, -0.2) is 53.0 Å². The van der Waals surface area contributed by atoms with Gasteiger partial charge in [0.1, 0.15) is 6.26 Å². The number of oxazole rings is 1. The summed E-state index contributed by atoms with van der Waals surface area (Å²) < 4.78 is 32.7. The van der Waals surface area contributed by atoms with Crippen molar-refractivity contribution in [2.24, 2.45) is 5.92 Å². The zero-order valence-corrected chi connectivity index (χ0v) is 21.5. The minimum absolute atomic E-state index is 0.120. The van der Waals surface area contributed by atoms with Crippen molar-refractivity contribution < 1.29 is 18.0 Å². The quantitative estimate of drug-likeness (QED) is 0.371. The summed E-state index contributed by atoms with van der Waals surface area (Å²) in [6, 6.07) is 11.9. The summed E-state index contributed by atoms with van der Waals surface area (Å²) in [5, 5.41) is 2.83. The average molecular weight is 521 g/mol. The molecule has 0 spiro atoms. The molecule has 2 aliphatic carbocycles. The van der Waals surface area contributed by atoms with Crippen molar-refractivity contribution in [3.8, 4) is 11.5 Å². The highest BCUT2D eigenvalue weighted by molar-refractivity contribution is 5.89. The van der Waals surface area contributed by atoms with Gasteiger partial charge in [-0.3, -0.25) is 0 Å². The zero-order chi connectivity index (χ0) is 26.1. The Morgan fingerprint density at radius 2 is 2.03 bits per heavy atom. The van der Waals surface area contributed by atoms with Gasteiger partial charge >= 0.3 is 6.03 Å². The van der Waals surface area contributed by atoms with Gasteiger partial charge in [0.15, 0.2) is 11.6 Å². The van der Waals surface area contributed by atoms with Crippen LogP contribution in [-0.2, 0) is 5.41 Å². The van der Waals surface area contributed by atoms with Crippen LogP contribution in [0, 0.1) is 17.6 Å². The number of anilines is 1. The topological polar surface area (TPSA) is 61.6 Å². The zero-order valence-electron chi connectivity index (χ0n) is 21.5. The fraction of sp³-hybridized carbons (Fsp3) is 0.467. The van der Waals surface area contributed by atoms with Crippen LogP contribution in [0.3, 0.4) is 0 Å². The van der Waals surface area contributed by atoms with Crippen molar-refractivity contribution in [2.75, 3.05) is 31.5 Å². The third-order valence-electron chi connectivity index (χ3n) is 8.77. The summed E-state index contributed by atoms with van der Waals surface area (Å²) in [4.78, 5) is 22.2. The van der Waals surface area contributed by atoms with E-state index in [2.05, 4.69) is 33.4 Å². The molecule has 1 saturated heterocycles. The summed E-state index contributed by atoms with van der Waals surface area (Å²) in [6.45, 7) is 3.88. The predicted octanol–water partition coefficient (Wildman–Crippen LogP) is 6.45. The van der Waals surface area contributed by atoms with Crippen LogP contribution in [0.5, 0.6) is 0 Å². The Balaban J connectivity index is 1.15. The molecule has 3 aliphatic rings. The molecule has 200 valence electrons. The van der Waals surface area contributed by atoms with Crippen LogP contribution in [0.4, 0.5) is 19.3 Å². The summed E-state index contributed by atoms with van der Waals surface area (Å²) in [5.41, 5.74) is 2.74. The maximum atomic E-state index is 13.8. The maximum absolute atomic E-state index is 13.8. The standard InChI is InChI=1S/C30H34F2N4O2/c31-26-8-7-24(19-27(26)32)34-29(37)36(15-4-14-35-12-1-2-13-35)25-9-10-30(20-23(30)18-25)22-6-3-5-21(17-22)28-33-11-16-38-28/h3,5-8,11,16-17,19,23,25H,1-2,4,9-10,12-15,18,20H2,(H,34,37)/t23-,25?,30-/m1/s1. The van der Waals surface area contributed by atoms with Crippen LogP contribution < -0.4 is 5.32 Å². The fourth-order valence-electron chi connectivity index (χ4n) is 6.67. The van der Waals surface area contributed by atoms with Crippen LogP contribution in [0.2, 0.25) is 0 Å². The first-order chi connectivity index (χ1) is 18.5. The highest BCUT2D eigenvalue weighted by Crippen LogP contribution is 2.63. The van der Waals surface area contributed by atoms with Crippen molar-refractivity contribution in [2.45, 2.75) is 56.4 Å². The number of carbonyl (C=O) groups is 1. The van der Waals surface area contributed by atoms with Crippen molar-refractivity contribution in [3.05, 3.63) is 72.1 Å². The Hall–Kier alpha value is -3.26. The molecule has 2 amide bonds. The number of benzene rings is 2. The molecular weight excluding hydrogens is 486 g/mol. The number of nitrogens with one attached hydrogen (secondary N) is 1. The monoisotopic (exact) mass is 520 g/mol. The Morgan fingerprint density at radius 1 is 1.16 bits per heavy atom. The lowest BCUT2D eigenvalue weighted by Crippen LogP contribution is -2.46. The molecule has 0 radical (unpaired) electrons. The van der Waals surface area contributed by atoms with Crippen LogP contribution in [0.25, 0.3) is 11.5 Å². The van der Waals surface area contributed by atoms with Gasteiger partial charge in [0.25, 0.3) is 0 Å². The third kappa shape index (κ3) is 5.06. The van der Waals surface area contributed by atoms with Crippen LogP contribution >= 0.6 is 0 Å². The Kier molecular flexibility index (Phi) is 6.91. The smallest absolute Gasteiger partial charge is 0.322 e. The number of urea groups is 1. The highest BCUT2D eigenvalue weighted by Gasteiger charge is 2.58. The number of halogens is 2. The lowest BCUT2D eigenvalue weighted by atomic mass is 9.80. The van der Waals surface area contributed by atoms with E-state index in [1.54, 1.807) is 12.5 Å². The molecule has 1 aromatic heterocycles. The molecule has 38 heavy (non-hydrogen) atoms. The molecule has 3 atom stereocenters. The average Bonchev–Trinajstić information content (AvgIpc) is 3.26. The van der Waals surface area contributed by atoms with Gasteiger partial charge < -0.3 is 19.5 Å². The third-order valence-corrected chi connectivity index (χ3v) is 8.77. The van der Waals surface area contributed by atoms with E-state index in [1.165, 1.54) is 24.5 Å². The van der Waals surface area contributed by atoms with Crippen molar-refractivity contribution in [3.63, 3.8) is 0 Å². The van der Waals surface area contributed by atoms with E-state index in [0.717, 1.165) is 69.4 Å². The number of nitrogens with zero attached hydrogens (tertiary/aromatic N) is 3. The second-order valence-electron chi connectivity index (χ2n) is 11.1. The van der Waals surface area contributed by atoms with Crippen molar-refractivity contribution in [1.82, 2.24) is 14.8 Å².